The third kappa shape index (κ3) is 4.56. The fourth-order valence-electron chi connectivity index (χ4n) is 2.13. The van der Waals surface area contributed by atoms with Gasteiger partial charge in [-0.25, -0.2) is 4.79 Å². The van der Waals surface area contributed by atoms with Crippen LogP contribution in [0.15, 0.2) is 41.0 Å². The molecule has 1 aromatic heterocycles. The number of anilines is 1. The van der Waals surface area contributed by atoms with Gasteiger partial charge in [-0.05, 0) is 31.2 Å². The Labute approximate surface area is 143 Å². The van der Waals surface area contributed by atoms with E-state index in [0.29, 0.717) is 5.76 Å². The minimum Gasteiger partial charge on any atom is -0.467 e. The van der Waals surface area contributed by atoms with Gasteiger partial charge in [0, 0.05) is 13.1 Å². The van der Waals surface area contributed by atoms with E-state index < -0.39 is 23.4 Å². The Morgan fingerprint density at radius 1 is 1.36 bits per heavy atom. The SMILES string of the molecule is CNc1ccc(C(=O)OCC(=O)N[C@@H](C)c2ccco2)cc1[N+](=O)[O-]. The van der Waals surface area contributed by atoms with Gasteiger partial charge in [-0.3, -0.25) is 14.9 Å². The fourth-order valence-corrected chi connectivity index (χ4v) is 2.13. The van der Waals surface area contributed by atoms with Crippen molar-refractivity contribution in [1.29, 1.82) is 0 Å². The minimum absolute atomic E-state index is 0.0161. The van der Waals surface area contributed by atoms with Crippen LogP contribution < -0.4 is 10.6 Å². The molecule has 0 fully saturated rings. The number of ether oxygens (including phenoxy) is 1. The first kappa shape index (κ1) is 18.0. The number of hydrogen-bond donors (Lipinski definition) is 2. The molecule has 25 heavy (non-hydrogen) atoms. The molecule has 1 amide bonds. The van der Waals surface area contributed by atoms with Crippen LogP contribution >= 0.6 is 0 Å². The number of rotatable bonds is 7. The smallest absolute Gasteiger partial charge is 0.338 e. The summed E-state index contributed by atoms with van der Waals surface area (Å²) in [5.41, 5.74) is -0.00279. The Hall–Kier alpha value is -3.36. The summed E-state index contributed by atoms with van der Waals surface area (Å²) in [5, 5.41) is 16.3. The molecule has 0 aliphatic carbocycles. The van der Waals surface area contributed by atoms with Crippen molar-refractivity contribution in [3.8, 4) is 0 Å². The molecule has 0 spiro atoms. The van der Waals surface area contributed by atoms with E-state index in [9.17, 15) is 19.7 Å². The molecule has 1 heterocycles. The fraction of sp³-hybridized carbons (Fsp3) is 0.250. The maximum Gasteiger partial charge on any atom is 0.338 e. The second-order valence-electron chi connectivity index (χ2n) is 5.12. The number of nitro groups is 1. The minimum atomic E-state index is -0.827. The first-order chi connectivity index (χ1) is 11.9. The van der Waals surface area contributed by atoms with E-state index in [-0.39, 0.29) is 23.0 Å². The molecule has 2 aromatic rings. The van der Waals surface area contributed by atoms with Gasteiger partial charge < -0.3 is 19.8 Å². The highest BCUT2D eigenvalue weighted by atomic mass is 16.6. The summed E-state index contributed by atoms with van der Waals surface area (Å²) < 4.78 is 10.0. The zero-order chi connectivity index (χ0) is 18.4. The highest BCUT2D eigenvalue weighted by Crippen LogP contribution is 2.25. The molecule has 0 aliphatic heterocycles. The van der Waals surface area contributed by atoms with Gasteiger partial charge in [-0.15, -0.1) is 0 Å². The number of nitro benzene ring substituents is 1. The van der Waals surface area contributed by atoms with E-state index in [1.54, 1.807) is 19.1 Å². The van der Waals surface area contributed by atoms with Crippen LogP contribution in [0.2, 0.25) is 0 Å². The van der Waals surface area contributed by atoms with Gasteiger partial charge in [0.1, 0.15) is 11.4 Å². The quantitative estimate of drug-likeness (QED) is 0.447. The molecule has 0 bridgehead atoms. The molecule has 9 heteroatoms. The first-order valence-corrected chi connectivity index (χ1v) is 7.38. The summed E-state index contributed by atoms with van der Waals surface area (Å²) in [6, 6.07) is 6.90. The number of carbonyl (C=O) groups is 2. The van der Waals surface area contributed by atoms with E-state index in [4.69, 9.17) is 9.15 Å². The molecule has 0 saturated heterocycles. The molecule has 1 atom stereocenters. The largest absolute Gasteiger partial charge is 0.467 e. The lowest BCUT2D eigenvalue weighted by atomic mass is 10.1. The van der Waals surface area contributed by atoms with E-state index in [0.717, 1.165) is 6.07 Å². The molecule has 2 rings (SSSR count). The Kier molecular flexibility index (Phi) is 5.72. The maximum atomic E-state index is 12.0. The third-order valence-corrected chi connectivity index (χ3v) is 3.38. The lowest BCUT2D eigenvalue weighted by Crippen LogP contribution is -2.31. The molecule has 0 unspecified atom stereocenters. The topological polar surface area (TPSA) is 124 Å². The summed E-state index contributed by atoms with van der Waals surface area (Å²) in [6.45, 7) is 1.21. The number of amides is 1. The number of hydrogen-bond acceptors (Lipinski definition) is 7. The molecule has 9 nitrogen and oxygen atoms in total. The van der Waals surface area contributed by atoms with Crippen LogP contribution in [0, 0.1) is 10.1 Å². The number of carbonyl (C=O) groups excluding carboxylic acids is 2. The molecule has 0 aliphatic rings. The zero-order valence-corrected chi connectivity index (χ0v) is 13.6. The second kappa shape index (κ2) is 7.95. The number of benzene rings is 1. The van der Waals surface area contributed by atoms with E-state index in [1.165, 1.54) is 25.4 Å². The van der Waals surface area contributed by atoms with Gasteiger partial charge in [0.05, 0.1) is 22.8 Å². The molecule has 2 N–H and O–H groups in total. The van der Waals surface area contributed by atoms with Crippen LogP contribution in [-0.4, -0.2) is 30.5 Å². The van der Waals surface area contributed by atoms with Gasteiger partial charge >= 0.3 is 5.97 Å². The van der Waals surface area contributed by atoms with Gasteiger partial charge in [-0.2, -0.15) is 0 Å². The Bertz CT molecular complexity index is 772. The van der Waals surface area contributed by atoms with E-state index in [2.05, 4.69) is 10.6 Å². The monoisotopic (exact) mass is 347 g/mol. The van der Waals surface area contributed by atoms with E-state index in [1.807, 2.05) is 0 Å². The predicted octanol–water partition coefficient (Wildman–Crippen LogP) is 2.26. The van der Waals surface area contributed by atoms with Crippen molar-refractivity contribution in [3.63, 3.8) is 0 Å². The molecular weight excluding hydrogens is 330 g/mol. The molecule has 0 radical (unpaired) electrons. The average Bonchev–Trinajstić information content (AvgIpc) is 3.13. The standard InChI is InChI=1S/C16H17N3O6/c1-10(14-4-3-7-24-14)18-15(20)9-25-16(21)11-5-6-12(17-2)13(8-11)19(22)23/h3-8,10,17H,9H2,1-2H3,(H,18,20)/t10-/m0/s1. The van der Waals surface area contributed by atoms with Crippen LogP contribution in [0.1, 0.15) is 29.1 Å². The van der Waals surface area contributed by atoms with Crippen LogP contribution in [0.4, 0.5) is 11.4 Å². The highest BCUT2D eigenvalue weighted by molar-refractivity contribution is 5.93. The zero-order valence-electron chi connectivity index (χ0n) is 13.6. The lowest BCUT2D eigenvalue weighted by molar-refractivity contribution is -0.384. The third-order valence-electron chi connectivity index (χ3n) is 3.38. The maximum absolute atomic E-state index is 12.0. The molecule has 1 aromatic carbocycles. The molecule has 132 valence electrons. The van der Waals surface area contributed by atoms with Crippen molar-refractivity contribution < 1.29 is 23.7 Å². The van der Waals surface area contributed by atoms with Crippen LogP contribution in [-0.2, 0) is 9.53 Å². The van der Waals surface area contributed by atoms with Crippen molar-refractivity contribution >= 4 is 23.3 Å². The molecule has 0 saturated carbocycles. The van der Waals surface area contributed by atoms with Crippen molar-refractivity contribution in [2.75, 3.05) is 19.0 Å². The summed E-state index contributed by atoms with van der Waals surface area (Å²) in [4.78, 5) is 34.2. The van der Waals surface area contributed by atoms with Crippen molar-refractivity contribution in [1.82, 2.24) is 5.32 Å². The number of nitrogens with one attached hydrogen (secondary N) is 2. The highest BCUT2D eigenvalue weighted by Gasteiger charge is 2.19. The predicted molar refractivity (Wildman–Crippen MR) is 88.2 cm³/mol. The molecular formula is C16H17N3O6. The van der Waals surface area contributed by atoms with E-state index >= 15 is 0 Å². The van der Waals surface area contributed by atoms with Gasteiger partial charge in [0.15, 0.2) is 6.61 Å². The Balaban J connectivity index is 1.94. The van der Waals surface area contributed by atoms with Crippen molar-refractivity contribution in [3.05, 3.63) is 58.0 Å². The van der Waals surface area contributed by atoms with Crippen LogP contribution in [0.5, 0.6) is 0 Å². The normalized spacial score (nSPS) is 11.4. The number of esters is 1. The van der Waals surface area contributed by atoms with Crippen molar-refractivity contribution in [2.45, 2.75) is 13.0 Å². The van der Waals surface area contributed by atoms with Crippen LogP contribution in [0.25, 0.3) is 0 Å². The van der Waals surface area contributed by atoms with Crippen molar-refractivity contribution in [2.24, 2.45) is 0 Å². The summed E-state index contributed by atoms with van der Waals surface area (Å²) in [5.74, 6) is -0.775. The van der Waals surface area contributed by atoms with Gasteiger partial charge in [-0.1, -0.05) is 0 Å². The summed E-state index contributed by atoms with van der Waals surface area (Å²) in [6.07, 6.45) is 1.49. The lowest BCUT2D eigenvalue weighted by Gasteiger charge is -2.11. The number of nitrogens with zero attached hydrogens (tertiary/aromatic N) is 1. The first-order valence-electron chi connectivity index (χ1n) is 7.38. The number of furan rings is 1. The second-order valence-corrected chi connectivity index (χ2v) is 5.12. The summed E-state index contributed by atoms with van der Waals surface area (Å²) >= 11 is 0. The Morgan fingerprint density at radius 2 is 2.12 bits per heavy atom. The van der Waals surface area contributed by atoms with Gasteiger partial charge in [0.2, 0.25) is 0 Å². The summed E-state index contributed by atoms with van der Waals surface area (Å²) in [7, 11) is 1.53. The van der Waals surface area contributed by atoms with Crippen LogP contribution in [0.3, 0.4) is 0 Å². The Morgan fingerprint density at radius 3 is 2.72 bits per heavy atom. The van der Waals surface area contributed by atoms with Gasteiger partial charge in [0.25, 0.3) is 11.6 Å². The average molecular weight is 347 g/mol.